The number of carbonyl (C=O) groups is 2. The number of thioether (sulfide) groups is 1. The molecule has 0 aliphatic carbocycles. The van der Waals surface area contributed by atoms with Crippen LogP contribution >= 0.6 is 11.8 Å². The molecule has 0 spiro atoms. The molecule has 0 bridgehead atoms. The molecule has 1 radical (unpaired) electrons. The molecule has 3 rings (SSSR count). The third kappa shape index (κ3) is 3.10. The molecule has 1 aromatic heterocycles. The molecule has 0 atom stereocenters. The van der Waals surface area contributed by atoms with Crippen molar-refractivity contribution in [1.29, 1.82) is 0 Å². The molecule has 1 aliphatic heterocycles. The van der Waals surface area contributed by atoms with E-state index in [2.05, 4.69) is 9.88 Å². The van der Waals surface area contributed by atoms with E-state index in [0.29, 0.717) is 4.91 Å². The van der Waals surface area contributed by atoms with Crippen LogP contribution < -0.4 is 0 Å². The molecule has 2 aromatic rings. The summed E-state index contributed by atoms with van der Waals surface area (Å²) in [5, 5.41) is 2.95. The van der Waals surface area contributed by atoms with E-state index in [0.717, 1.165) is 34.4 Å². The van der Waals surface area contributed by atoms with Gasteiger partial charge in [0.1, 0.15) is 5.24 Å². The normalized spacial score (nSPS) is 15.8. The van der Waals surface area contributed by atoms with Gasteiger partial charge in [-0.15, -0.1) is 0 Å². The predicted octanol–water partition coefficient (Wildman–Crippen LogP) is 4.20. The second-order valence-corrected chi connectivity index (χ2v) is 5.78. The van der Waals surface area contributed by atoms with Gasteiger partial charge in [0.2, 0.25) is 0 Å². The van der Waals surface area contributed by atoms with Crippen molar-refractivity contribution < 1.29 is 30.0 Å². The van der Waals surface area contributed by atoms with Gasteiger partial charge in [-0.25, -0.2) is 0 Å². The van der Waals surface area contributed by atoms with Crippen molar-refractivity contribution in [3.8, 4) is 5.69 Å². The Morgan fingerprint density at radius 2 is 1.82 bits per heavy atom. The molecule has 1 saturated heterocycles. The third-order valence-electron chi connectivity index (χ3n) is 3.37. The molecule has 0 N–H and O–H groups in total. The van der Waals surface area contributed by atoms with Crippen LogP contribution in [0.5, 0.6) is 0 Å². The van der Waals surface area contributed by atoms with E-state index in [4.69, 9.17) is 0 Å². The van der Waals surface area contributed by atoms with Gasteiger partial charge in [0.15, 0.2) is 0 Å². The maximum atomic E-state index is 11.6. The second-order valence-electron chi connectivity index (χ2n) is 4.79. The number of aryl methyl sites for hydroxylation is 1. The minimum atomic E-state index is -0.450. The number of imide groups is 1. The Morgan fingerprint density at radius 3 is 2.41 bits per heavy atom. The summed E-state index contributed by atoms with van der Waals surface area (Å²) in [6, 6.07) is 12.0. The first kappa shape index (κ1) is 16.8. The van der Waals surface area contributed by atoms with Crippen molar-refractivity contribution in [2.24, 2.45) is 0 Å². The van der Waals surface area contributed by atoms with Gasteiger partial charge in [-0.05, 0) is 43.7 Å². The Morgan fingerprint density at radius 1 is 1.14 bits per heavy atom. The Balaban J connectivity index is 0.00000176. The topological polar surface area (TPSA) is 53.2 Å². The van der Waals surface area contributed by atoms with Crippen LogP contribution in [-0.2, 0) is 25.2 Å². The Hall–Kier alpha value is -1.61. The zero-order valence-corrected chi connectivity index (χ0v) is 15.6. The van der Waals surface area contributed by atoms with Crippen LogP contribution in [0, 0.1) is 13.8 Å². The SMILES string of the molecule is Cc1cc(/C=C2\SC(=O)[N-]C2=O)c(C)n1-c1ccccc1.[Re]. The molecule has 1 fully saturated rings. The first-order valence-electron chi connectivity index (χ1n) is 6.50. The van der Waals surface area contributed by atoms with Crippen molar-refractivity contribution >= 4 is 29.0 Å². The quantitative estimate of drug-likeness (QED) is 0.602. The van der Waals surface area contributed by atoms with Crippen LogP contribution in [0.2, 0.25) is 0 Å². The Bertz CT molecular complexity index is 766. The number of carbonyl (C=O) groups excluding carboxylic acids is 2. The summed E-state index contributed by atoms with van der Waals surface area (Å²) in [4.78, 5) is 23.1. The van der Waals surface area contributed by atoms with E-state index in [-0.39, 0.29) is 20.4 Å². The van der Waals surface area contributed by atoms with Crippen LogP contribution in [0.1, 0.15) is 17.0 Å². The van der Waals surface area contributed by atoms with E-state index in [1.807, 2.05) is 50.2 Å². The van der Waals surface area contributed by atoms with Gasteiger partial charge >= 0.3 is 0 Å². The number of amides is 2. The van der Waals surface area contributed by atoms with E-state index < -0.39 is 11.1 Å². The summed E-state index contributed by atoms with van der Waals surface area (Å²) in [5.74, 6) is -0.450. The van der Waals surface area contributed by atoms with Crippen LogP contribution in [0.3, 0.4) is 0 Å². The predicted molar refractivity (Wildman–Crippen MR) is 84.6 cm³/mol. The maximum absolute atomic E-state index is 11.6. The zero-order chi connectivity index (χ0) is 15.0. The summed E-state index contributed by atoms with van der Waals surface area (Å²) < 4.78 is 2.12. The molecule has 4 nitrogen and oxygen atoms in total. The molecule has 6 heteroatoms. The zero-order valence-electron chi connectivity index (χ0n) is 12.0. The number of rotatable bonds is 2. The molecular formula is C16H13N2O2ReS-. The molecule has 1 aromatic carbocycles. The summed E-state index contributed by atoms with van der Waals surface area (Å²) in [5.41, 5.74) is 4.10. The number of aromatic nitrogens is 1. The van der Waals surface area contributed by atoms with Crippen molar-refractivity contribution in [1.82, 2.24) is 4.57 Å². The minimum Gasteiger partial charge on any atom is -0.581 e. The largest absolute Gasteiger partial charge is 0.581 e. The molecule has 22 heavy (non-hydrogen) atoms. The van der Waals surface area contributed by atoms with Crippen molar-refractivity contribution in [2.75, 3.05) is 0 Å². The molecule has 0 saturated carbocycles. The molecule has 1 aliphatic rings. The van der Waals surface area contributed by atoms with Crippen molar-refractivity contribution in [3.63, 3.8) is 0 Å². The Labute approximate surface area is 146 Å². The summed E-state index contributed by atoms with van der Waals surface area (Å²) >= 11 is 0.885. The van der Waals surface area contributed by atoms with E-state index in [1.165, 1.54) is 0 Å². The van der Waals surface area contributed by atoms with Crippen LogP contribution in [0.4, 0.5) is 4.79 Å². The smallest absolute Gasteiger partial charge is 0.120 e. The van der Waals surface area contributed by atoms with E-state index >= 15 is 0 Å². The minimum absolute atomic E-state index is 0. The molecular weight excluding hydrogens is 470 g/mol. The van der Waals surface area contributed by atoms with Gasteiger partial charge in [0.05, 0.1) is 5.91 Å². The number of benzene rings is 1. The first-order valence-corrected chi connectivity index (χ1v) is 7.32. The maximum Gasteiger partial charge on any atom is 0.120 e. The van der Waals surface area contributed by atoms with Gasteiger partial charge in [-0.1, -0.05) is 30.0 Å². The summed E-state index contributed by atoms with van der Waals surface area (Å²) in [6.45, 7) is 4.01. The van der Waals surface area contributed by atoms with Gasteiger partial charge in [-0.3, -0.25) is 0 Å². The molecule has 2 heterocycles. The van der Waals surface area contributed by atoms with E-state index in [9.17, 15) is 9.59 Å². The van der Waals surface area contributed by atoms with Gasteiger partial charge < -0.3 is 19.5 Å². The van der Waals surface area contributed by atoms with Gasteiger partial charge in [0.25, 0.3) is 0 Å². The fraction of sp³-hybridized carbons (Fsp3) is 0.125. The van der Waals surface area contributed by atoms with Gasteiger partial charge in [0, 0.05) is 42.4 Å². The van der Waals surface area contributed by atoms with Crippen LogP contribution in [0.25, 0.3) is 17.1 Å². The number of hydrogen-bond donors (Lipinski definition) is 0. The summed E-state index contributed by atoms with van der Waals surface area (Å²) in [7, 11) is 0. The van der Waals surface area contributed by atoms with Gasteiger partial charge in [-0.2, -0.15) is 0 Å². The number of nitrogens with zero attached hydrogens (tertiary/aromatic N) is 2. The first-order chi connectivity index (χ1) is 10.1. The fourth-order valence-corrected chi connectivity index (χ4v) is 3.07. The van der Waals surface area contributed by atoms with E-state index in [1.54, 1.807) is 6.08 Å². The average Bonchev–Trinajstić information content (AvgIpc) is 2.91. The third-order valence-corrected chi connectivity index (χ3v) is 4.15. The Kier molecular flexibility index (Phi) is 5.07. The van der Waals surface area contributed by atoms with Crippen molar-refractivity contribution in [2.45, 2.75) is 13.8 Å². The molecule has 2 amide bonds. The fourth-order valence-electron chi connectivity index (χ4n) is 2.44. The van der Waals surface area contributed by atoms with Crippen molar-refractivity contribution in [3.05, 3.63) is 63.6 Å². The monoisotopic (exact) mass is 484 g/mol. The van der Waals surface area contributed by atoms with Crippen LogP contribution in [0.15, 0.2) is 41.3 Å². The number of para-hydroxylation sites is 1. The summed E-state index contributed by atoms with van der Waals surface area (Å²) in [6.07, 6.45) is 1.74. The molecule has 0 unspecified atom stereocenters. The standard InChI is InChI=1S/C16H14N2O2S.Re/c1-10-8-12(9-14-15(19)17-16(20)21-14)11(2)18(10)13-6-4-3-5-7-13;/h3-9H,1-2H3,(H,17,19,20);/p-1/b14-9-;. The van der Waals surface area contributed by atoms with Crippen LogP contribution in [-0.4, -0.2) is 15.7 Å². The molecule has 113 valence electrons. The average molecular weight is 484 g/mol. The number of hydrogen-bond acceptors (Lipinski definition) is 3. The second kappa shape index (κ2) is 6.66.